The molecule has 1 fully saturated rings. The van der Waals surface area contributed by atoms with Crippen molar-refractivity contribution in [2.24, 2.45) is 5.92 Å². The SMILES string of the molecule is CS(=O)(=O)NC[C@@H]1CCN(Cc2ccccc2C(F)(F)F)C1. The first kappa shape index (κ1) is 17.2. The predicted molar refractivity (Wildman–Crippen MR) is 77.7 cm³/mol. The Bertz CT molecular complexity index is 617. The van der Waals surface area contributed by atoms with Gasteiger partial charge in [0.1, 0.15) is 0 Å². The van der Waals surface area contributed by atoms with Crippen molar-refractivity contribution in [3.05, 3.63) is 35.4 Å². The van der Waals surface area contributed by atoms with Crippen molar-refractivity contribution in [2.45, 2.75) is 19.1 Å². The van der Waals surface area contributed by atoms with Crippen LogP contribution >= 0.6 is 0 Å². The van der Waals surface area contributed by atoms with Crippen LogP contribution in [0.5, 0.6) is 0 Å². The molecule has 0 saturated carbocycles. The highest BCUT2D eigenvalue weighted by atomic mass is 32.2. The normalized spacial score (nSPS) is 20.5. The lowest BCUT2D eigenvalue weighted by atomic mass is 10.1. The predicted octanol–water partition coefficient (Wildman–Crippen LogP) is 2.08. The average molecular weight is 336 g/mol. The van der Waals surface area contributed by atoms with Gasteiger partial charge in [-0.1, -0.05) is 18.2 Å². The van der Waals surface area contributed by atoms with E-state index in [-0.39, 0.29) is 18.0 Å². The maximum Gasteiger partial charge on any atom is 0.416 e. The number of nitrogens with one attached hydrogen (secondary N) is 1. The van der Waals surface area contributed by atoms with E-state index in [0.29, 0.717) is 19.6 Å². The topological polar surface area (TPSA) is 49.4 Å². The molecule has 0 spiro atoms. The fourth-order valence-electron chi connectivity index (χ4n) is 2.67. The summed E-state index contributed by atoms with van der Waals surface area (Å²) in [7, 11) is -3.23. The van der Waals surface area contributed by atoms with Crippen molar-refractivity contribution in [2.75, 3.05) is 25.9 Å². The van der Waals surface area contributed by atoms with E-state index in [1.165, 1.54) is 12.1 Å². The Morgan fingerprint density at radius 1 is 1.32 bits per heavy atom. The summed E-state index contributed by atoms with van der Waals surface area (Å²) < 4.78 is 63.4. The van der Waals surface area contributed by atoms with Gasteiger partial charge in [0.05, 0.1) is 11.8 Å². The molecule has 4 nitrogen and oxygen atoms in total. The Morgan fingerprint density at radius 3 is 2.64 bits per heavy atom. The quantitative estimate of drug-likeness (QED) is 0.896. The standard InChI is InChI=1S/C14H19F3N2O2S/c1-22(20,21)18-8-11-6-7-19(9-11)10-12-4-2-3-5-13(12)14(15,16)17/h2-5,11,18H,6-10H2,1H3/t11-/m0/s1. The van der Waals surface area contributed by atoms with E-state index in [0.717, 1.165) is 18.7 Å². The van der Waals surface area contributed by atoms with E-state index >= 15 is 0 Å². The number of sulfonamides is 1. The molecule has 0 amide bonds. The van der Waals surface area contributed by atoms with Gasteiger partial charge in [-0.2, -0.15) is 13.2 Å². The molecular formula is C14H19F3N2O2S. The Balaban J connectivity index is 1.96. The van der Waals surface area contributed by atoms with E-state index in [1.807, 2.05) is 4.90 Å². The van der Waals surface area contributed by atoms with Crippen molar-refractivity contribution in [1.82, 2.24) is 9.62 Å². The van der Waals surface area contributed by atoms with E-state index in [4.69, 9.17) is 0 Å². The molecule has 0 aliphatic carbocycles. The van der Waals surface area contributed by atoms with Crippen LogP contribution in [0.3, 0.4) is 0 Å². The first-order valence-corrected chi connectivity index (χ1v) is 8.86. The number of benzene rings is 1. The number of nitrogens with zero attached hydrogens (tertiary/aromatic N) is 1. The van der Waals surface area contributed by atoms with Crippen molar-refractivity contribution in [3.8, 4) is 0 Å². The largest absolute Gasteiger partial charge is 0.416 e. The van der Waals surface area contributed by atoms with Crippen LogP contribution in [-0.4, -0.2) is 39.2 Å². The smallest absolute Gasteiger partial charge is 0.299 e. The van der Waals surface area contributed by atoms with Gasteiger partial charge in [0.2, 0.25) is 10.0 Å². The third-order valence-electron chi connectivity index (χ3n) is 3.72. The highest BCUT2D eigenvalue weighted by molar-refractivity contribution is 7.88. The van der Waals surface area contributed by atoms with Gasteiger partial charge in [0.15, 0.2) is 0 Å². The highest BCUT2D eigenvalue weighted by Crippen LogP contribution is 2.33. The molecule has 1 atom stereocenters. The number of hydrogen-bond donors (Lipinski definition) is 1. The van der Waals surface area contributed by atoms with Gasteiger partial charge >= 0.3 is 6.18 Å². The van der Waals surface area contributed by atoms with Gasteiger partial charge in [0.25, 0.3) is 0 Å². The summed E-state index contributed by atoms with van der Waals surface area (Å²) in [6.45, 7) is 1.82. The van der Waals surface area contributed by atoms with Crippen LogP contribution in [0, 0.1) is 5.92 Å². The van der Waals surface area contributed by atoms with E-state index in [2.05, 4.69) is 4.72 Å². The lowest BCUT2D eigenvalue weighted by Crippen LogP contribution is -2.30. The molecule has 1 aliphatic heterocycles. The number of alkyl halides is 3. The highest BCUT2D eigenvalue weighted by Gasteiger charge is 2.34. The molecule has 1 saturated heterocycles. The third kappa shape index (κ3) is 4.96. The zero-order valence-corrected chi connectivity index (χ0v) is 13.0. The lowest BCUT2D eigenvalue weighted by Gasteiger charge is -2.19. The maximum atomic E-state index is 13.0. The monoisotopic (exact) mass is 336 g/mol. The Labute approximate surface area is 128 Å². The molecule has 8 heteroatoms. The molecule has 124 valence electrons. The molecule has 0 unspecified atom stereocenters. The molecule has 1 aliphatic rings. The molecule has 22 heavy (non-hydrogen) atoms. The van der Waals surface area contributed by atoms with E-state index in [9.17, 15) is 21.6 Å². The fraction of sp³-hybridized carbons (Fsp3) is 0.571. The zero-order valence-electron chi connectivity index (χ0n) is 12.2. The van der Waals surface area contributed by atoms with Crippen molar-refractivity contribution in [1.29, 1.82) is 0 Å². The van der Waals surface area contributed by atoms with Crippen molar-refractivity contribution < 1.29 is 21.6 Å². The number of halogens is 3. The van der Waals surface area contributed by atoms with Gasteiger partial charge in [-0.15, -0.1) is 0 Å². The van der Waals surface area contributed by atoms with Crippen molar-refractivity contribution >= 4 is 10.0 Å². The minimum absolute atomic E-state index is 0.132. The number of hydrogen-bond acceptors (Lipinski definition) is 3. The lowest BCUT2D eigenvalue weighted by molar-refractivity contribution is -0.138. The Kier molecular flexibility index (Phi) is 5.14. The van der Waals surface area contributed by atoms with Crippen LogP contribution in [-0.2, 0) is 22.7 Å². The van der Waals surface area contributed by atoms with Gasteiger partial charge in [0, 0.05) is 19.6 Å². The molecule has 1 aromatic carbocycles. The summed E-state index contributed by atoms with van der Waals surface area (Å²) in [5.74, 6) is 0.132. The number of rotatable bonds is 5. The fourth-order valence-corrected chi connectivity index (χ4v) is 3.21. The summed E-state index contributed by atoms with van der Waals surface area (Å²) in [4.78, 5) is 1.93. The zero-order chi connectivity index (χ0) is 16.4. The molecule has 0 aromatic heterocycles. The summed E-state index contributed by atoms with van der Waals surface area (Å²) in [5.41, 5.74) is -0.348. The summed E-state index contributed by atoms with van der Waals surface area (Å²) in [5, 5.41) is 0. The van der Waals surface area contributed by atoms with Gasteiger partial charge in [-0.05, 0) is 30.5 Å². The Morgan fingerprint density at radius 2 is 2.00 bits per heavy atom. The van der Waals surface area contributed by atoms with Gasteiger partial charge in [-0.25, -0.2) is 13.1 Å². The second kappa shape index (κ2) is 6.55. The minimum atomic E-state index is -4.35. The molecule has 0 radical (unpaired) electrons. The number of likely N-dealkylation sites (tertiary alicyclic amines) is 1. The third-order valence-corrected chi connectivity index (χ3v) is 4.41. The summed E-state index contributed by atoms with van der Waals surface area (Å²) >= 11 is 0. The van der Waals surface area contributed by atoms with E-state index < -0.39 is 21.8 Å². The molecule has 1 aromatic rings. The van der Waals surface area contributed by atoms with Crippen LogP contribution < -0.4 is 4.72 Å². The van der Waals surface area contributed by atoms with Crippen LogP contribution in [0.15, 0.2) is 24.3 Å². The van der Waals surface area contributed by atoms with Gasteiger partial charge < -0.3 is 0 Å². The van der Waals surface area contributed by atoms with Crippen LogP contribution in [0.25, 0.3) is 0 Å². The molecule has 0 bridgehead atoms. The minimum Gasteiger partial charge on any atom is -0.299 e. The van der Waals surface area contributed by atoms with Crippen LogP contribution in [0.2, 0.25) is 0 Å². The molecule has 2 rings (SSSR count). The molecular weight excluding hydrogens is 317 g/mol. The molecule has 1 heterocycles. The first-order valence-electron chi connectivity index (χ1n) is 6.97. The molecule has 1 N–H and O–H groups in total. The first-order chi connectivity index (χ1) is 10.1. The average Bonchev–Trinajstić information content (AvgIpc) is 2.83. The summed E-state index contributed by atoms with van der Waals surface area (Å²) in [6.07, 6.45) is -2.48. The summed E-state index contributed by atoms with van der Waals surface area (Å²) in [6, 6.07) is 5.57. The maximum absolute atomic E-state index is 13.0. The van der Waals surface area contributed by atoms with Crippen LogP contribution in [0.1, 0.15) is 17.5 Å². The van der Waals surface area contributed by atoms with Crippen molar-refractivity contribution in [3.63, 3.8) is 0 Å². The Hall–Kier alpha value is -1.12. The van der Waals surface area contributed by atoms with Crippen LogP contribution in [0.4, 0.5) is 13.2 Å². The van der Waals surface area contributed by atoms with E-state index in [1.54, 1.807) is 6.07 Å². The second-order valence-corrected chi connectivity index (χ2v) is 7.50. The van der Waals surface area contributed by atoms with Gasteiger partial charge in [-0.3, -0.25) is 4.90 Å². The second-order valence-electron chi connectivity index (χ2n) is 5.67.